The second-order valence-electron chi connectivity index (χ2n) is 6.34. The number of hydrogen-bond acceptors (Lipinski definition) is 3. The molecule has 4 rings (SSSR count). The van der Waals surface area contributed by atoms with Crippen LogP contribution in [0.15, 0.2) is 48.7 Å². The van der Waals surface area contributed by atoms with E-state index in [-0.39, 0.29) is 23.4 Å². The minimum Gasteiger partial charge on any atom is -0.339 e. The second kappa shape index (κ2) is 6.75. The van der Waals surface area contributed by atoms with Crippen LogP contribution < -0.4 is 0 Å². The third-order valence-electron chi connectivity index (χ3n) is 4.45. The maximum Gasteiger partial charge on any atom is 0.267 e. The molecule has 27 heavy (non-hydrogen) atoms. The van der Waals surface area contributed by atoms with Crippen molar-refractivity contribution in [3.05, 3.63) is 71.2 Å². The predicted molar refractivity (Wildman–Crippen MR) is 97.8 cm³/mol. The molecule has 7 heteroatoms. The Balaban J connectivity index is 1.62. The van der Waals surface area contributed by atoms with Crippen LogP contribution in [0.25, 0.3) is 22.3 Å². The van der Waals surface area contributed by atoms with E-state index in [0.717, 1.165) is 16.6 Å². The molecule has 0 aliphatic heterocycles. The molecule has 0 spiro atoms. The molecule has 0 saturated carbocycles. The van der Waals surface area contributed by atoms with Gasteiger partial charge < -0.3 is 4.98 Å². The topological polar surface area (TPSA) is 74.4 Å². The molecule has 0 atom stereocenters. The zero-order valence-corrected chi connectivity index (χ0v) is 14.5. The summed E-state index contributed by atoms with van der Waals surface area (Å²) in [6, 6.07) is 13.6. The number of H-pyrrole nitrogens is 2. The van der Waals surface area contributed by atoms with Crippen LogP contribution in [0, 0.1) is 6.92 Å². The van der Waals surface area contributed by atoms with E-state index in [2.05, 4.69) is 20.2 Å². The van der Waals surface area contributed by atoms with E-state index in [4.69, 9.17) is 0 Å². The number of aromatic amines is 2. The Bertz CT molecular complexity index is 1120. The Morgan fingerprint density at radius 3 is 2.70 bits per heavy atom. The molecule has 0 amide bonds. The monoisotopic (exact) mass is 366 g/mol. The van der Waals surface area contributed by atoms with Crippen LogP contribution >= 0.6 is 0 Å². The van der Waals surface area contributed by atoms with Crippen LogP contribution in [0.3, 0.4) is 0 Å². The van der Waals surface area contributed by atoms with Crippen LogP contribution in [0.4, 0.5) is 8.78 Å². The SMILES string of the molecule is Cc1[nH]nc(C(=O)Cc2cnc3[nH]c(-c4ccccc4)cc3c2)c1C(F)F. The van der Waals surface area contributed by atoms with Crippen LogP contribution in [-0.2, 0) is 6.42 Å². The van der Waals surface area contributed by atoms with Gasteiger partial charge in [0.1, 0.15) is 11.3 Å². The van der Waals surface area contributed by atoms with E-state index in [1.807, 2.05) is 42.5 Å². The summed E-state index contributed by atoms with van der Waals surface area (Å²) in [5.41, 5.74) is 2.97. The summed E-state index contributed by atoms with van der Waals surface area (Å²) in [5.74, 6) is -0.463. The number of carbonyl (C=O) groups excluding carboxylic acids is 1. The van der Waals surface area contributed by atoms with Crippen molar-refractivity contribution in [3.8, 4) is 11.3 Å². The van der Waals surface area contributed by atoms with Gasteiger partial charge in [0.25, 0.3) is 6.43 Å². The molecule has 4 aromatic rings. The van der Waals surface area contributed by atoms with Crippen molar-refractivity contribution in [1.82, 2.24) is 20.2 Å². The molecule has 1 aromatic carbocycles. The molecule has 0 aliphatic rings. The summed E-state index contributed by atoms with van der Waals surface area (Å²) in [5, 5.41) is 7.08. The van der Waals surface area contributed by atoms with Gasteiger partial charge in [-0.1, -0.05) is 30.3 Å². The van der Waals surface area contributed by atoms with Crippen molar-refractivity contribution in [2.45, 2.75) is 19.8 Å². The number of fused-ring (bicyclic) bond motifs is 1. The van der Waals surface area contributed by atoms with Crippen molar-refractivity contribution >= 4 is 16.8 Å². The van der Waals surface area contributed by atoms with E-state index in [0.29, 0.717) is 11.2 Å². The number of hydrogen-bond donors (Lipinski definition) is 2. The van der Waals surface area contributed by atoms with Gasteiger partial charge in [0.2, 0.25) is 0 Å². The first-order valence-corrected chi connectivity index (χ1v) is 8.42. The Labute approximate surface area is 153 Å². The number of alkyl halides is 2. The van der Waals surface area contributed by atoms with E-state index in [9.17, 15) is 13.6 Å². The summed E-state index contributed by atoms with van der Waals surface area (Å²) in [6.45, 7) is 1.48. The number of pyridine rings is 1. The summed E-state index contributed by atoms with van der Waals surface area (Å²) >= 11 is 0. The lowest BCUT2D eigenvalue weighted by molar-refractivity contribution is 0.0974. The minimum atomic E-state index is -2.75. The van der Waals surface area contributed by atoms with Gasteiger partial charge in [0.05, 0.1) is 5.56 Å². The molecule has 2 N–H and O–H groups in total. The highest BCUT2D eigenvalue weighted by Gasteiger charge is 2.24. The van der Waals surface area contributed by atoms with Crippen molar-refractivity contribution in [2.75, 3.05) is 0 Å². The Hall–Kier alpha value is -3.35. The molecule has 5 nitrogen and oxygen atoms in total. The standard InChI is InChI=1S/C20H16F2N4O/c1-11-17(19(21)22)18(26-25-11)16(27)8-12-7-14-9-15(24-20(14)23-10-12)13-5-3-2-4-6-13/h2-7,9-10,19H,8H2,1H3,(H,23,24)(H,25,26). The zero-order valence-electron chi connectivity index (χ0n) is 14.5. The quantitative estimate of drug-likeness (QED) is 0.506. The first-order chi connectivity index (χ1) is 13.0. The molecule has 0 bridgehead atoms. The van der Waals surface area contributed by atoms with Crippen LogP contribution in [0.5, 0.6) is 0 Å². The average molecular weight is 366 g/mol. The van der Waals surface area contributed by atoms with E-state index < -0.39 is 12.2 Å². The van der Waals surface area contributed by atoms with Crippen LogP contribution in [-0.4, -0.2) is 25.9 Å². The maximum absolute atomic E-state index is 13.2. The lowest BCUT2D eigenvalue weighted by Gasteiger charge is -2.02. The number of benzene rings is 1. The Morgan fingerprint density at radius 1 is 1.19 bits per heavy atom. The minimum absolute atomic E-state index is 0.0429. The van der Waals surface area contributed by atoms with E-state index >= 15 is 0 Å². The lowest BCUT2D eigenvalue weighted by atomic mass is 10.0. The van der Waals surface area contributed by atoms with Crippen molar-refractivity contribution in [3.63, 3.8) is 0 Å². The molecule has 0 radical (unpaired) electrons. The number of halogens is 2. The number of aryl methyl sites for hydroxylation is 1. The van der Waals surface area contributed by atoms with Gasteiger partial charge in [-0.2, -0.15) is 5.10 Å². The van der Waals surface area contributed by atoms with Crippen LogP contribution in [0.1, 0.15) is 33.7 Å². The fourth-order valence-electron chi connectivity index (χ4n) is 3.12. The highest BCUT2D eigenvalue weighted by Crippen LogP contribution is 2.27. The van der Waals surface area contributed by atoms with E-state index in [1.165, 1.54) is 6.92 Å². The number of Topliss-reactive ketones (excluding diaryl/α,β-unsaturated/α-hetero) is 1. The first-order valence-electron chi connectivity index (χ1n) is 8.42. The number of rotatable bonds is 5. The molecule has 3 heterocycles. The van der Waals surface area contributed by atoms with Gasteiger partial charge >= 0.3 is 0 Å². The molecule has 0 unspecified atom stereocenters. The van der Waals surface area contributed by atoms with Crippen molar-refractivity contribution < 1.29 is 13.6 Å². The molecular weight excluding hydrogens is 350 g/mol. The van der Waals surface area contributed by atoms with Gasteiger partial charge in [-0.15, -0.1) is 0 Å². The van der Waals surface area contributed by atoms with Gasteiger partial charge in [-0.25, -0.2) is 13.8 Å². The van der Waals surface area contributed by atoms with Crippen molar-refractivity contribution in [1.29, 1.82) is 0 Å². The average Bonchev–Trinajstić information content (AvgIpc) is 3.25. The number of ketones is 1. The Morgan fingerprint density at radius 2 is 1.96 bits per heavy atom. The van der Waals surface area contributed by atoms with Gasteiger partial charge in [0.15, 0.2) is 5.78 Å². The van der Waals surface area contributed by atoms with E-state index in [1.54, 1.807) is 6.20 Å². The largest absolute Gasteiger partial charge is 0.339 e. The molecule has 0 fully saturated rings. The fraction of sp³-hybridized carbons (Fsp3) is 0.150. The maximum atomic E-state index is 13.2. The fourth-order valence-corrected chi connectivity index (χ4v) is 3.12. The van der Waals surface area contributed by atoms with Crippen LogP contribution in [0.2, 0.25) is 0 Å². The summed E-state index contributed by atoms with van der Waals surface area (Å²) < 4.78 is 26.3. The smallest absolute Gasteiger partial charge is 0.267 e. The lowest BCUT2D eigenvalue weighted by Crippen LogP contribution is -2.08. The van der Waals surface area contributed by atoms with Gasteiger partial charge in [-0.05, 0) is 30.2 Å². The first kappa shape index (κ1) is 17.1. The number of aromatic nitrogens is 4. The normalized spacial score (nSPS) is 11.4. The molecular formula is C20H16F2N4O. The predicted octanol–water partition coefficient (Wildman–Crippen LogP) is 4.62. The van der Waals surface area contributed by atoms with Crippen molar-refractivity contribution in [2.24, 2.45) is 0 Å². The molecule has 0 saturated heterocycles. The third kappa shape index (κ3) is 3.23. The van der Waals surface area contributed by atoms with Gasteiger partial charge in [0, 0.05) is 29.4 Å². The number of nitrogens with zero attached hydrogens (tertiary/aromatic N) is 2. The molecule has 0 aliphatic carbocycles. The summed E-state index contributed by atoms with van der Waals surface area (Å²) in [7, 11) is 0. The Kier molecular flexibility index (Phi) is 4.27. The second-order valence-corrected chi connectivity index (χ2v) is 6.34. The zero-order chi connectivity index (χ0) is 19.0. The highest BCUT2D eigenvalue weighted by molar-refractivity contribution is 5.97. The summed E-state index contributed by atoms with van der Waals surface area (Å²) in [6.07, 6.45) is -1.22. The number of carbonyl (C=O) groups is 1. The third-order valence-corrected chi connectivity index (χ3v) is 4.45. The van der Waals surface area contributed by atoms with Gasteiger partial charge in [-0.3, -0.25) is 9.89 Å². The summed E-state index contributed by atoms with van der Waals surface area (Å²) in [4.78, 5) is 20.1. The molecule has 136 valence electrons. The molecule has 3 aromatic heterocycles. The number of nitrogens with one attached hydrogen (secondary N) is 2. The highest BCUT2D eigenvalue weighted by atomic mass is 19.3.